The van der Waals surface area contributed by atoms with E-state index < -0.39 is 11.5 Å². The van der Waals surface area contributed by atoms with Gasteiger partial charge in [0, 0.05) is 25.3 Å². The van der Waals surface area contributed by atoms with Gasteiger partial charge in [0.25, 0.3) is 0 Å². The van der Waals surface area contributed by atoms with E-state index in [9.17, 15) is 9.59 Å². The van der Waals surface area contributed by atoms with Gasteiger partial charge in [-0.2, -0.15) is 0 Å². The summed E-state index contributed by atoms with van der Waals surface area (Å²) in [6.45, 7) is 3.01. The summed E-state index contributed by atoms with van der Waals surface area (Å²) in [5, 5.41) is 8.49. The number of thioether (sulfide) groups is 1. The van der Waals surface area contributed by atoms with Crippen molar-refractivity contribution in [2.45, 2.75) is 30.7 Å². The van der Waals surface area contributed by atoms with E-state index in [0.717, 1.165) is 18.5 Å². The zero-order valence-electron chi connectivity index (χ0n) is 22.6. The number of ether oxygens (including phenoxy) is 1. The number of likely N-dealkylation sites (tertiary alicyclic amines) is 1. The van der Waals surface area contributed by atoms with E-state index in [0.29, 0.717) is 12.2 Å². The van der Waals surface area contributed by atoms with Gasteiger partial charge in [-0.3, -0.25) is 14.5 Å². The Morgan fingerprint density at radius 1 is 0.950 bits per heavy atom. The van der Waals surface area contributed by atoms with E-state index in [1.165, 1.54) is 40.2 Å². The van der Waals surface area contributed by atoms with Crippen LogP contribution in [0.2, 0.25) is 0 Å². The minimum atomic E-state index is -0.558. The fourth-order valence-electron chi connectivity index (χ4n) is 5.55. The molecule has 1 aliphatic heterocycles. The van der Waals surface area contributed by atoms with Crippen LogP contribution in [0.25, 0.3) is 6.08 Å². The third-order valence-corrected chi connectivity index (χ3v) is 8.37. The molecule has 1 aromatic heterocycles. The highest BCUT2D eigenvalue weighted by atomic mass is 32.2. The molecule has 0 saturated carbocycles. The van der Waals surface area contributed by atoms with E-state index in [1.54, 1.807) is 13.1 Å². The van der Waals surface area contributed by atoms with Crippen molar-refractivity contribution in [2.24, 2.45) is 0 Å². The molecule has 1 aliphatic rings. The highest BCUT2D eigenvalue weighted by Gasteiger charge is 2.44. The molecule has 5 rings (SSSR count). The second-order valence-corrected chi connectivity index (χ2v) is 11.1. The van der Waals surface area contributed by atoms with E-state index in [2.05, 4.69) is 88.0 Å². The number of carbonyl (C=O) groups excluding carboxylic acids is 2. The molecule has 3 aromatic carbocycles. The highest BCUT2D eigenvalue weighted by molar-refractivity contribution is 8.14. The van der Waals surface area contributed by atoms with E-state index in [-0.39, 0.29) is 16.9 Å². The lowest BCUT2D eigenvalue weighted by atomic mass is 9.74. The maximum absolute atomic E-state index is 12.2. The normalized spacial score (nSPS) is 17.1. The number of esters is 1. The molecule has 204 valence electrons. The lowest BCUT2D eigenvalue weighted by molar-refractivity contribution is -0.141. The van der Waals surface area contributed by atoms with Crippen LogP contribution >= 0.6 is 11.8 Å². The summed E-state index contributed by atoms with van der Waals surface area (Å²) in [6, 6.07) is 31.8. The monoisotopic (exact) mass is 552 g/mol. The average Bonchev–Trinajstić information content (AvgIpc) is 3.42. The van der Waals surface area contributed by atoms with E-state index in [4.69, 9.17) is 4.74 Å². The van der Waals surface area contributed by atoms with Crippen LogP contribution < -0.4 is 0 Å². The summed E-state index contributed by atoms with van der Waals surface area (Å²) in [6.07, 6.45) is 4.54. The summed E-state index contributed by atoms with van der Waals surface area (Å²) in [5.41, 5.74) is 4.69. The number of methoxy groups -OCH3 is 1. The summed E-state index contributed by atoms with van der Waals surface area (Å²) in [4.78, 5) is 26.5. The largest absolute Gasteiger partial charge is 0.468 e. The van der Waals surface area contributed by atoms with Gasteiger partial charge in [0.2, 0.25) is 0 Å². The molecule has 7 nitrogen and oxygen atoms in total. The topological polar surface area (TPSA) is 77.3 Å². The third-order valence-electron chi connectivity index (χ3n) is 7.21. The lowest BCUT2D eigenvalue weighted by Crippen LogP contribution is -2.52. The molecule has 4 aromatic rings. The van der Waals surface area contributed by atoms with Crippen molar-refractivity contribution in [3.05, 3.63) is 125 Å². The Morgan fingerprint density at radius 2 is 1.50 bits per heavy atom. The summed E-state index contributed by atoms with van der Waals surface area (Å²) in [7, 11) is 1.35. The molecule has 1 saturated heterocycles. The van der Waals surface area contributed by atoms with Crippen LogP contribution in [0.5, 0.6) is 0 Å². The first-order chi connectivity index (χ1) is 19.5. The second kappa shape index (κ2) is 12.4. The fourth-order valence-corrected chi connectivity index (χ4v) is 6.47. The van der Waals surface area contributed by atoms with Gasteiger partial charge in [-0.25, -0.2) is 4.68 Å². The van der Waals surface area contributed by atoms with Crippen LogP contribution in [0, 0.1) is 0 Å². The number of rotatable bonds is 8. The van der Waals surface area contributed by atoms with Gasteiger partial charge in [-0.15, -0.1) is 5.10 Å². The van der Waals surface area contributed by atoms with Gasteiger partial charge in [-0.1, -0.05) is 108 Å². The molecule has 0 amide bonds. The van der Waals surface area contributed by atoms with Gasteiger partial charge in [0.1, 0.15) is 12.2 Å². The molecule has 8 heteroatoms. The van der Waals surface area contributed by atoms with Crippen molar-refractivity contribution in [1.29, 1.82) is 0 Å². The molecule has 0 radical (unpaired) electrons. The van der Waals surface area contributed by atoms with Crippen LogP contribution in [0.15, 0.2) is 103 Å². The third kappa shape index (κ3) is 5.78. The molecule has 1 fully saturated rings. The predicted octanol–water partition coefficient (Wildman–Crippen LogP) is 5.18. The van der Waals surface area contributed by atoms with Crippen LogP contribution in [0.4, 0.5) is 0 Å². The maximum atomic E-state index is 12.2. The summed E-state index contributed by atoms with van der Waals surface area (Å²) in [5.74, 6) is -0.392. The molecule has 40 heavy (non-hydrogen) atoms. The maximum Gasteiger partial charge on any atom is 0.327 e. The minimum Gasteiger partial charge on any atom is -0.468 e. The Morgan fingerprint density at radius 3 is 2.00 bits per heavy atom. The molecule has 1 unspecified atom stereocenters. The van der Waals surface area contributed by atoms with Gasteiger partial charge in [0.05, 0.1) is 18.8 Å². The van der Waals surface area contributed by atoms with E-state index >= 15 is 0 Å². The van der Waals surface area contributed by atoms with Gasteiger partial charge < -0.3 is 4.74 Å². The Bertz CT molecular complexity index is 1380. The van der Waals surface area contributed by atoms with Crippen LogP contribution in [-0.4, -0.2) is 56.4 Å². The Hall–Kier alpha value is -4.01. The molecule has 0 N–H and O–H groups in total. The van der Waals surface area contributed by atoms with E-state index in [1.807, 2.05) is 24.3 Å². The zero-order valence-corrected chi connectivity index (χ0v) is 23.5. The molecule has 0 bridgehead atoms. The predicted molar refractivity (Wildman–Crippen MR) is 157 cm³/mol. The van der Waals surface area contributed by atoms with Crippen LogP contribution in [0.3, 0.4) is 0 Å². The first kappa shape index (κ1) is 27.6. The summed E-state index contributed by atoms with van der Waals surface area (Å²) >= 11 is 1.36. The van der Waals surface area contributed by atoms with Crippen molar-refractivity contribution in [3.8, 4) is 0 Å². The van der Waals surface area contributed by atoms with Crippen molar-refractivity contribution in [2.75, 3.05) is 20.2 Å². The van der Waals surface area contributed by atoms with Crippen molar-refractivity contribution < 1.29 is 14.3 Å². The molecule has 0 aliphatic carbocycles. The standard InChI is InChI=1S/C32H32N4O3S/c1-24(37)40-30-18-19-35(21-25(30)20-29-22-36(34-33-29)23-31(38)39-2)32(26-12-6-3-7-13-26,27-14-8-4-9-15-27)28-16-10-5-11-17-28/h3-17,20,22,30H,18-19,21,23H2,1-2H3/b25-20-. The molecule has 0 spiro atoms. The number of benzene rings is 3. The number of aromatic nitrogens is 3. The van der Waals surface area contributed by atoms with Gasteiger partial charge >= 0.3 is 5.97 Å². The first-order valence-corrected chi connectivity index (χ1v) is 14.1. The van der Waals surface area contributed by atoms with Crippen LogP contribution in [-0.2, 0) is 26.4 Å². The minimum absolute atomic E-state index is 0.0104. The number of hydrogen-bond donors (Lipinski definition) is 0. The zero-order chi connectivity index (χ0) is 28.0. The Balaban J connectivity index is 1.63. The Kier molecular flexibility index (Phi) is 8.57. The van der Waals surface area contributed by atoms with Gasteiger partial charge in [-0.05, 0) is 34.8 Å². The second-order valence-electron chi connectivity index (χ2n) is 9.75. The highest BCUT2D eigenvalue weighted by Crippen LogP contribution is 2.45. The Labute approximate surface area is 238 Å². The number of piperidine rings is 1. The molecular formula is C32H32N4O3S. The molecule has 2 heterocycles. The smallest absolute Gasteiger partial charge is 0.327 e. The fraction of sp³-hybridized carbons (Fsp3) is 0.250. The molecular weight excluding hydrogens is 520 g/mol. The first-order valence-electron chi connectivity index (χ1n) is 13.3. The SMILES string of the molecule is COC(=O)Cn1cc(/C=C2/CN(C(c3ccccc3)(c3ccccc3)c3ccccc3)CCC2SC(C)=O)nn1. The average molecular weight is 553 g/mol. The van der Waals surface area contributed by atoms with Gasteiger partial charge in [0.15, 0.2) is 5.12 Å². The van der Waals surface area contributed by atoms with Crippen LogP contribution in [0.1, 0.15) is 35.7 Å². The lowest BCUT2D eigenvalue weighted by Gasteiger charge is -2.49. The number of carbonyl (C=O) groups is 2. The van der Waals surface area contributed by atoms with Crippen molar-refractivity contribution in [1.82, 2.24) is 19.9 Å². The van der Waals surface area contributed by atoms with Crippen molar-refractivity contribution >= 4 is 28.9 Å². The summed E-state index contributed by atoms with van der Waals surface area (Å²) < 4.78 is 6.23. The quantitative estimate of drug-likeness (QED) is 0.220. The molecule has 1 atom stereocenters. The number of hydrogen-bond acceptors (Lipinski definition) is 7. The number of nitrogens with zero attached hydrogens (tertiary/aromatic N) is 4. The van der Waals surface area contributed by atoms with Crippen molar-refractivity contribution in [3.63, 3.8) is 0 Å².